The lowest BCUT2D eigenvalue weighted by atomic mass is 9.44. The van der Waals surface area contributed by atoms with Crippen LogP contribution in [0.3, 0.4) is 0 Å². The Morgan fingerprint density at radius 3 is 2.50 bits per heavy atom. The minimum Gasteiger partial charge on any atom is -0.461 e. The molecule has 28 heavy (non-hydrogen) atoms. The molecule has 0 aromatic heterocycles. The molecule has 0 aliphatic heterocycles. The number of halogens is 1. The lowest BCUT2D eigenvalue weighted by Crippen LogP contribution is -2.59. The van der Waals surface area contributed by atoms with Gasteiger partial charge in [-0.2, -0.15) is 0 Å². The molecule has 4 fully saturated rings. The maximum absolute atomic E-state index is 12.1. The Kier molecular flexibility index (Phi) is 5.68. The summed E-state index contributed by atoms with van der Waals surface area (Å²) in [5, 5.41) is 11.3. The van der Waals surface area contributed by atoms with Crippen LogP contribution in [0.4, 0.5) is 0 Å². The SMILES string of the molecule is CCC(=O)O[C@H]1[C@H](Br)CC2C3C(CC[C@@]21C)[C@@]1(C)CC[C@H](OC)CC1C[C@@H]3O. The number of fused-ring (bicyclic) bond motifs is 5. The molecule has 4 nitrogen and oxygen atoms in total. The van der Waals surface area contributed by atoms with Crippen molar-refractivity contribution in [2.75, 3.05) is 7.11 Å². The van der Waals surface area contributed by atoms with Crippen LogP contribution in [0.2, 0.25) is 0 Å². The van der Waals surface area contributed by atoms with Crippen LogP contribution in [0.15, 0.2) is 0 Å². The van der Waals surface area contributed by atoms with Crippen LogP contribution in [-0.2, 0) is 14.3 Å². The second-order valence-electron chi connectivity index (χ2n) is 10.5. The van der Waals surface area contributed by atoms with Crippen LogP contribution in [0.25, 0.3) is 0 Å². The Labute approximate surface area is 178 Å². The lowest BCUT2D eigenvalue weighted by Gasteiger charge is -2.62. The zero-order chi connectivity index (χ0) is 20.3. The van der Waals surface area contributed by atoms with Crippen LogP contribution >= 0.6 is 15.9 Å². The summed E-state index contributed by atoms with van der Waals surface area (Å²) in [6, 6.07) is 0. The molecule has 10 atom stereocenters. The van der Waals surface area contributed by atoms with Crippen molar-refractivity contribution < 1.29 is 19.4 Å². The Hall–Kier alpha value is -0.130. The van der Waals surface area contributed by atoms with E-state index >= 15 is 0 Å². The monoisotopic (exact) mass is 456 g/mol. The second-order valence-corrected chi connectivity index (χ2v) is 11.7. The molecule has 160 valence electrons. The lowest BCUT2D eigenvalue weighted by molar-refractivity contribution is -0.186. The number of carbonyl (C=O) groups excluding carboxylic acids is 1. The number of alkyl halides is 1. The molecule has 4 aliphatic carbocycles. The molecule has 0 aromatic rings. The fourth-order valence-electron chi connectivity index (χ4n) is 7.76. The van der Waals surface area contributed by atoms with Gasteiger partial charge in [0.05, 0.1) is 17.0 Å². The van der Waals surface area contributed by atoms with Gasteiger partial charge in [0, 0.05) is 18.9 Å². The molecule has 0 heterocycles. The summed E-state index contributed by atoms with van der Waals surface area (Å²) in [6.45, 7) is 6.66. The number of esters is 1. The van der Waals surface area contributed by atoms with Crippen LogP contribution in [0.5, 0.6) is 0 Å². The molecule has 4 aliphatic rings. The molecule has 4 unspecified atom stereocenters. The highest BCUT2D eigenvalue weighted by molar-refractivity contribution is 9.09. The van der Waals surface area contributed by atoms with Crippen molar-refractivity contribution in [1.29, 1.82) is 0 Å². The Morgan fingerprint density at radius 1 is 1.11 bits per heavy atom. The number of hydrogen-bond donors (Lipinski definition) is 1. The molecule has 0 saturated heterocycles. The first-order chi connectivity index (χ1) is 13.2. The smallest absolute Gasteiger partial charge is 0.305 e. The topological polar surface area (TPSA) is 55.8 Å². The largest absolute Gasteiger partial charge is 0.461 e. The number of hydrogen-bond acceptors (Lipinski definition) is 4. The molecular weight excluding hydrogens is 420 g/mol. The minimum absolute atomic E-state index is 0.0337. The van der Waals surface area contributed by atoms with Gasteiger partial charge in [0.15, 0.2) is 0 Å². The fraction of sp³-hybridized carbons (Fsp3) is 0.957. The first kappa shape index (κ1) is 21.1. The van der Waals surface area contributed by atoms with Gasteiger partial charge in [-0.3, -0.25) is 4.79 Å². The van der Waals surface area contributed by atoms with E-state index in [0.717, 1.165) is 38.5 Å². The fourth-order valence-corrected chi connectivity index (χ4v) is 8.87. The number of carbonyl (C=O) groups is 1. The van der Waals surface area contributed by atoms with Crippen LogP contribution in [-0.4, -0.2) is 41.3 Å². The van der Waals surface area contributed by atoms with Gasteiger partial charge < -0.3 is 14.6 Å². The van der Waals surface area contributed by atoms with Crippen molar-refractivity contribution in [2.45, 2.75) is 95.3 Å². The second kappa shape index (κ2) is 7.53. The van der Waals surface area contributed by atoms with E-state index in [1.807, 2.05) is 14.0 Å². The summed E-state index contributed by atoms with van der Waals surface area (Å²) in [4.78, 5) is 12.3. The molecule has 4 rings (SSSR count). The van der Waals surface area contributed by atoms with Crippen LogP contribution < -0.4 is 0 Å². The predicted molar refractivity (Wildman–Crippen MR) is 112 cm³/mol. The molecule has 0 radical (unpaired) electrons. The van der Waals surface area contributed by atoms with E-state index in [0.29, 0.717) is 41.6 Å². The third kappa shape index (κ3) is 3.10. The number of aliphatic hydroxyl groups is 1. The van der Waals surface area contributed by atoms with Gasteiger partial charge in [0.2, 0.25) is 0 Å². The number of aliphatic hydroxyl groups excluding tert-OH is 1. The minimum atomic E-state index is -0.247. The number of methoxy groups -OCH3 is 1. The van der Waals surface area contributed by atoms with Gasteiger partial charge in [0.25, 0.3) is 0 Å². The van der Waals surface area contributed by atoms with Gasteiger partial charge in [0.1, 0.15) is 6.10 Å². The van der Waals surface area contributed by atoms with E-state index in [9.17, 15) is 9.90 Å². The van der Waals surface area contributed by atoms with Gasteiger partial charge in [-0.15, -0.1) is 0 Å². The molecule has 0 aromatic carbocycles. The van der Waals surface area contributed by atoms with E-state index in [-0.39, 0.29) is 28.4 Å². The highest BCUT2D eigenvalue weighted by atomic mass is 79.9. The molecule has 1 N–H and O–H groups in total. The predicted octanol–water partition coefficient (Wildman–Crippen LogP) is 4.71. The number of rotatable bonds is 3. The van der Waals surface area contributed by atoms with Gasteiger partial charge in [-0.05, 0) is 74.0 Å². The molecule has 4 saturated carbocycles. The summed E-state index contributed by atoms with van der Waals surface area (Å²) >= 11 is 3.85. The third-order valence-corrected chi connectivity index (χ3v) is 10.3. The summed E-state index contributed by atoms with van der Waals surface area (Å²) < 4.78 is 11.6. The Balaban J connectivity index is 1.61. The maximum atomic E-state index is 12.1. The normalized spacial score (nSPS) is 53.1. The molecule has 0 spiro atoms. The van der Waals surface area contributed by atoms with Crippen molar-refractivity contribution >= 4 is 21.9 Å². The van der Waals surface area contributed by atoms with Gasteiger partial charge >= 0.3 is 5.97 Å². The van der Waals surface area contributed by atoms with Crippen LogP contribution in [0.1, 0.15) is 72.1 Å². The average Bonchev–Trinajstić information content (AvgIpc) is 2.92. The van der Waals surface area contributed by atoms with Crippen LogP contribution in [0, 0.1) is 34.5 Å². The average molecular weight is 457 g/mol. The maximum Gasteiger partial charge on any atom is 0.305 e. The van der Waals surface area contributed by atoms with E-state index in [2.05, 4.69) is 29.8 Å². The van der Waals surface area contributed by atoms with Crippen molar-refractivity contribution in [3.63, 3.8) is 0 Å². The third-order valence-electron chi connectivity index (χ3n) is 9.41. The quantitative estimate of drug-likeness (QED) is 0.493. The Morgan fingerprint density at radius 2 is 1.82 bits per heavy atom. The van der Waals surface area contributed by atoms with E-state index in [1.54, 1.807) is 0 Å². The Bertz CT molecular complexity index is 611. The summed E-state index contributed by atoms with van der Waals surface area (Å²) in [7, 11) is 1.83. The summed E-state index contributed by atoms with van der Waals surface area (Å²) in [6.07, 6.45) is 8.02. The molecular formula is C23H37BrO4. The standard InChI is InChI=1S/C23H37BrO4/c1-5-19(26)28-21-17(24)12-16-20-15(7-9-23(16,21)3)22(2)8-6-14(27-4)10-13(22)11-18(20)25/h13-18,20-21,25H,5-12H2,1-4H3/t13?,14-,15?,16?,17+,18-,20?,21-,22-,23-/m0/s1. The summed E-state index contributed by atoms with van der Waals surface area (Å²) in [5.41, 5.74) is 0.272. The zero-order valence-electron chi connectivity index (χ0n) is 17.8. The number of ether oxygens (including phenoxy) is 2. The van der Waals surface area contributed by atoms with Crippen molar-refractivity contribution in [2.24, 2.45) is 34.5 Å². The van der Waals surface area contributed by atoms with Crippen molar-refractivity contribution in [3.8, 4) is 0 Å². The van der Waals surface area contributed by atoms with E-state index in [1.165, 1.54) is 6.42 Å². The first-order valence-corrected chi connectivity index (χ1v) is 12.2. The summed E-state index contributed by atoms with van der Waals surface area (Å²) in [5.74, 6) is 1.76. The van der Waals surface area contributed by atoms with Crippen molar-refractivity contribution in [1.82, 2.24) is 0 Å². The highest BCUT2D eigenvalue weighted by Crippen LogP contribution is 2.67. The molecule has 5 heteroatoms. The molecule has 0 amide bonds. The van der Waals surface area contributed by atoms with E-state index in [4.69, 9.17) is 9.47 Å². The zero-order valence-corrected chi connectivity index (χ0v) is 19.4. The highest BCUT2D eigenvalue weighted by Gasteiger charge is 2.65. The molecule has 0 bridgehead atoms. The van der Waals surface area contributed by atoms with Crippen molar-refractivity contribution in [3.05, 3.63) is 0 Å². The first-order valence-electron chi connectivity index (χ1n) is 11.3. The van der Waals surface area contributed by atoms with Gasteiger partial charge in [-0.25, -0.2) is 0 Å². The van der Waals surface area contributed by atoms with E-state index < -0.39 is 0 Å². The van der Waals surface area contributed by atoms with Gasteiger partial charge in [-0.1, -0.05) is 36.7 Å².